The van der Waals surface area contributed by atoms with Crippen molar-refractivity contribution >= 4 is 103 Å². The molecule has 0 unspecified atom stereocenters. The number of fused-ring (bicyclic) bond motifs is 11. The summed E-state index contributed by atoms with van der Waals surface area (Å²) >= 11 is 1.86. The van der Waals surface area contributed by atoms with Crippen LogP contribution in [0.3, 0.4) is 0 Å². The SMILES string of the molecule is c1ccc(N(c2cccc3oc4ccccc4c23)c2cccc3oc4c5ccccc5ccc4c23)c(-c2cccc3c2sc2ccccc23)c1. The van der Waals surface area contributed by atoms with E-state index >= 15 is 0 Å². The summed E-state index contributed by atoms with van der Waals surface area (Å²) in [6.07, 6.45) is 0. The van der Waals surface area contributed by atoms with Gasteiger partial charge in [-0.05, 0) is 53.9 Å². The first-order valence-electron chi connectivity index (χ1n) is 16.8. The van der Waals surface area contributed by atoms with E-state index in [1.165, 1.54) is 25.7 Å². The molecule has 3 nitrogen and oxygen atoms in total. The molecule has 0 saturated carbocycles. The van der Waals surface area contributed by atoms with E-state index in [0.717, 1.165) is 77.3 Å². The molecule has 0 radical (unpaired) electrons. The van der Waals surface area contributed by atoms with Crippen LogP contribution < -0.4 is 4.90 Å². The first kappa shape index (κ1) is 27.6. The van der Waals surface area contributed by atoms with E-state index in [1.54, 1.807) is 0 Å². The third-order valence-corrected chi connectivity index (χ3v) is 11.3. The van der Waals surface area contributed by atoms with Crippen molar-refractivity contribution in [1.82, 2.24) is 0 Å². The molecule has 0 aliphatic rings. The van der Waals surface area contributed by atoms with Gasteiger partial charge >= 0.3 is 0 Å². The fourth-order valence-corrected chi connectivity index (χ4v) is 9.14. The zero-order valence-corrected chi connectivity index (χ0v) is 27.6. The smallest absolute Gasteiger partial charge is 0.143 e. The molecule has 3 aromatic heterocycles. The number of furan rings is 2. The first-order valence-corrected chi connectivity index (χ1v) is 17.7. The summed E-state index contributed by atoms with van der Waals surface area (Å²) < 4.78 is 15.8. The van der Waals surface area contributed by atoms with Gasteiger partial charge < -0.3 is 13.7 Å². The van der Waals surface area contributed by atoms with Crippen LogP contribution in [0.1, 0.15) is 0 Å². The van der Waals surface area contributed by atoms with Gasteiger partial charge in [-0.25, -0.2) is 0 Å². The number of thiophene rings is 1. The standard InChI is InChI=1S/C46H27NO2S/c1-2-13-29-28(12-1)26-27-35-44-38(21-11-24-41(44)49-45(29)35)47(37-20-10-23-40-43(37)34-16-4-7-22-39(34)48-40)36-19-6-3-14-30(36)32-17-9-18-33-31-15-5-8-25-42(31)50-46(32)33/h1-27H. The van der Waals surface area contributed by atoms with Crippen molar-refractivity contribution < 1.29 is 8.83 Å². The van der Waals surface area contributed by atoms with E-state index in [0.29, 0.717) is 0 Å². The van der Waals surface area contributed by atoms with E-state index in [-0.39, 0.29) is 0 Å². The van der Waals surface area contributed by atoms with Gasteiger partial charge in [0.25, 0.3) is 0 Å². The number of anilines is 3. The number of hydrogen-bond acceptors (Lipinski definition) is 4. The Morgan fingerprint density at radius 1 is 0.380 bits per heavy atom. The Labute approximate surface area is 290 Å². The minimum absolute atomic E-state index is 0.854. The number of hydrogen-bond donors (Lipinski definition) is 0. The molecule has 0 fully saturated rings. The second-order valence-corrected chi connectivity index (χ2v) is 13.8. The van der Waals surface area contributed by atoms with Crippen LogP contribution in [0, 0.1) is 0 Å². The summed E-state index contributed by atoms with van der Waals surface area (Å²) in [4.78, 5) is 2.43. The van der Waals surface area contributed by atoms with Crippen LogP contribution in [0.2, 0.25) is 0 Å². The van der Waals surface area contributed by atoms with Crippen LogP contribution in [0.5, 0.6) is 0 Å². The summed E-state index contributed by atoms with van der Waals surface area (Å²) in [6, 6.07) is 58.2. The fraction of sp³-hybridized carbons (Fsp3) is 0. The van der Waals surface area contributed by atoms with Crippen molar-refractivity contribution in [3.63, 3.8) is 0 Å². The normalized spacial score (nSPS) is 12.0. The van der Waals surface area contributed by atoms with Gasteiger partial charge in [0.1, 0.15) is 22.3 Å². The predicted octanol–water partition coefficient (Wildman–Crippen LogP) is 14.1. The van der Waals surface area contributed by atoms with Gasteiger partial charge in [-0.2, -0.15) is 0 Å². The lowest BCUT2D eigenvalue weighted by atomic mass is 9.98. The molecule has 0 aliphatic carbocycles. The third-order valence-electron chi connectivity index (χ3n) is 10.1. The highest BCUT2D eigenvalue weighted by Gasteiger charge is 2.26. The van der Waals surface area contributed by atoms with Crippen LogP contribution in [0.4, 0.5) is 17.1 Å². The lowest BCUT2D eigenvalue weighted by Crippen LogP contribution is -2.12. The Morgan fingerprint density at radius 2 is 0.980 bits per heavy atom. The topological polar surface area (TPSA) is 29.5 Å². The molecule has 50 heavy (non-hydrogen) atoms. The third kappa shape index (κ3) is 3.91. The average Bonchev–Trinajstić information content (AvgIpc) is 3.87. The molecule has 0 bridgehead atoms. The van der Waals surface area contributed by atoms with E-state index < -0.39 is 0 Å². The number of rotatable bonds is 4. The van der Waals surface area contributed by atoms with E-state index in [1.807, 2.05) is 17.4 Å². The second kappa shape index (κ2) is 10.6. The zero-order valence-electron chi connectivity index (χ0n) is 26.8. The van der Waals surface area contributed by atoms with Crippen LogP contribution in [0.15, 0.2) is 173 Å². The Kier molecular flexibility index (Phi) is 5.83. The maximum Gasteiger partial charge on any atom is 0.143 e. The Bertz CT molecular complexity index is 3130. The summed E-state index contributed by atoms with van der Waals surface area (Å²) in [5, 5.41) is 9.17. The number of nitrogens with zero attached hydrogens (tertiary/aromatic N) is 1. The monoisotopic (exact) mass is 657 g/mol. The largest absolute Gasteiger partial charge is 0.456 e. The summed E-state index contributed by atoms with van der Waals surface area (Å²) in [6.45, 7) is 0. The maximum absolute atomic E-state index is 6.73. The molecule has 11 rings (SSSR count). The molecule has 0 saturated heterocycles. The minimum atomic E-state index is 0.854. The van der Waals surface area contributed by atoms with Crippen LogP contribution in [-0.2, 0) is 0 Å². The van der Waals surface area contributed by atoms with Crippen molar-refractivity contribution in [1.29, 1.82) is 0 Å². The van der Waals surface area contributed by atoms with Gasteiger partial charge in [0, 0.05) is 47.5 Å². The van der Waals surface area contributed by atoms with E-state index in [9.17, 15) is 0 Å². The van der Waals surface area contributed by atoms with Gasteiger partial charge in [0.05, 0.1) is 27.8 Å². The maximum atomic E-state index is 6.73. The van der Waals surface area contributed by atoms with Gasteiger partial charge in [-0.3, -0.25) is 0 Å². The molecule has 4 heteroatoms. The van der Waals surface area contributed by atoms with Crippen molar-refractivity contribution in [3.8, 4) is 11.1 Å². The minimum Gasteiger partial charge on any atom is -0.456 e. The highest BCUT2D eigenvalue weighted by molar-refractivity contribution is 7.26. The quantitative estimate of drug-likeness (QED) is 0.189. The molecule has 0 amide bonds. The van der Waals surface area contributed by atoms with Crippen molar-refractivity contribution in [2.75, 3.05) is 4.90 Å². The molecule has 0 atom stereocenters. The number of para-hydroxylation sites is 2. The van der Waals surface area contributed by atoms with E-state index in [2.05, 4.69) is 163 Å². The lowest BCUT2D eigenvalue weighted by molar-refractivity contribution is 0.669. The highest BCUT2D eigenvalue weighted by atomic mass is 32.1. The molecule has 0 aliphatic heterocycles. The molecule has 0 N–H and O–H groups in total. The Balaban J connectivity index is 1.27. The highest BCUT2D eigenvalue weighted by Crippen LogP contribution is 2.51. The van der Waals surface area contributed by atoms with Crippen LogP contribution in [-0.4, -0.2) is 0 Å². The fourth-order valence-electron chi connectivity index (χ4n) is 7.91. The molecule has 8 aromatic carbocycles. The molecular weight excluding hydrogens is 631 g/mol. The molecule has 3 heterocycles. The Morgan fingerprint density at radius 3 is 1.86 bits per heavy atom. The van der Waals surface area contributed by atoms with Crippen LogP contribution >= 0.6 is 11.3 Å². The molecule has 234 valence electrons. The van der Waals surface area contributed by atoms with Crippen molar-refractivity contribution in [2.45, 2.75) is 0 Å². The summed E-state index contributed by atoms with van der Waals surface area (Å²) in [5.74, 6) is 0. The Hall–Kier alpha value is -6.36. The lowest BCUT2D eigenvalue weighted by Gasteiger charge is -2.29. The van der Waals surface area contributed by atoms with E-state index in [4.69, 9.17) is 8.83 Å². The van der Waals surface area contributed by atoms with Gasteiger partial charge in [-0.15, -0.1) is 11.3 Å². The molecule has 11 aromatic rings. The van der Waals surface area contributed by atoms with Gasteiger partial charge in [-0.1, -0.05) is 115 Å². The summed E-state index contributed by atoms with van der Waals surface area (Å²) in [7, 11) is 0. The predicted molar refractivity (Wildman–Crippen MR) is 212 cm³/mol. The first-order chi connectivity index (χ1) is 24.8. The number of benzene rings is 8. The molecular formula is C46H27NO2S. The van der Waals surface area contributed by atoms with Crippen molar-refractivity contribution in [3.05, 3.63) is 164 Å². The summed E-state index contributed by atoms with van der Waals surface area (Å²) in [5.41, 5.74) is 9.03. The second-order valence-electron chi connectivity index (χ2n) is 12.8. The van der Waals surface area contributed by atoms with Gasteiger partial charge in [0.2, 0.25) is 0 Å². The molecule has 0 spiro atoms. The average molecular weight is 658 g/mol. The zero-order chi connectivity index (χ0) is 32.8. The van der Waals surface area contributed by atoms with Crippen molar-refractivity contribution in [2.24, 2.45) is 0 Å². The van der Waals surface area contributed by atoms with Crippen LogP contribution in [0.25, 0.3) is 85.9 Å². The van der Waals surface area contributed by atoms with Gasteiger partial charge in [0.15, 0.2) is 0 Å².